The van der Waals surface area contributed by atoms with E-state index < -0.39 is 0 Å². The van der Waals surface area contributed by atoms with E-state index >= 15 is 0 Å². The molecule has 0 bridgehead atoms. The highest BCUT2D eigenvalue weighted by molar-refractivity contribution is 14.1. The zero-order valence-electron chi connectivity index (χ0n) is 15.3. The Bertz CT molecular complexity index is 561. The lowest BCUT2D eigenvalue weighted by Crippen LogP contribution is -2.41. The van der Waals surface area contributed by atoms with E-state index in [2.05, 4.69) is 68.0 Å². The Labute approximate surface area is 197 Å². The number of piperidine rings is 2. The lowest BCUT2D eigenvalue weighted by molar-refractivity contribution is 0.117. The van der Waals surface area contributed by atoms with E-state index in [4.69, 9.17) is 0 Å². The summed E-state index contributed by atoms with van der Waals surface area (Å²) in [6.45, 7) is 9.50. The van der Waals surface area contributed by atoms with Crippen LogP contribution in [-0.4, -0.2) is 47.6 Å². The molecule has 2 fully saturated rings. The summed E-state index contributed by atoms with van der Waals surface area (Å²) in [6, 6.07) is 4.16. The Morgan fingerprint density at radius 2 is 1.54 bits per heavy atom. The van der Waals surface area contributed by atoms with Crippen molar-refractivity contribution in [2.75, 3.05) is 32.7 Å². The smallest absolute Gasteiger partial charge is 0.133 e. The molecule has 2 saturated heterocycles. The van der Waals surface area contributed by atoms with E-state index in [1.165, 1.54) is 48.9 Å². The largest absolute Gasteiger partial charge is 0.507 e. The van der Waals surface area contributed by atoms with Crippen LogP contribution in [0.4, 0.5) is 0 Å². The van der Waals surface area contributed by atoms with Crippen LogP contribution in [0, 0.1) is 19.0 Å². The van der Waals surface area contributed by atoms with Crippen LogP contribution in [0.3, 0.4) is 0 Å². The van der Waals surface area contributed by atoms with Crippen molar-refractivity contribution in [2.45, 2.75) is 39.2 Å². The van der Waals surface area contributed by atoms with Gasteiger partial charge in [-0.25, -0.2) is 0 Å². The van der Waals surface area contributed by atoms with Crippen molar-refractivity contribution in [1.29, 1.82) is 0 Å². The Morgan fingerprint density at radius 3 is 2.15 bits per heavy atom. The Morgan fingerprint density at radius 1 is 0.962 bits per heavy atom. The topological polar surface area (TPSA) is 26.7 Å². The molecule has 2 aliphatic rings. The van der Waals surface area contributed by atoms with Gasteiger partial charge in [-0.15, -0.1) is 24.8 Å². The molecular formula is C19H30Cl2I2N2O. The maximum atomic E-state index is 10.3. The number of phenolic OH excluding ortho intramolecular Hbond substituents is 1. The van der Waals surface area contributed by atoms with Crippen LogP contribution in [0.25, 0.3) is 0 Å². The van der Waals surface area contributed by atoms with E-state index in [-0.39, 0.29) is 24.8 Å². The summed E-state index contributed by atoms with van der Waals surface area (Å²) in [5.74, 6) is 2.26. The molecule has 1 aromatic rings. The Hall–Kier alpha value is 0.980. The average Bonchev–Trinajstić information content (AvgIpc) is 2.56. The summed E-state index contributed by atoms with van der Waals surface area (Å²) in [4.78, 5) is 5.20. The predicted octanol–water partition coefficient (Wildman–Crippen LogP) is 5.39. The first-order valence-corrected chi connectivity index (χ1v) is 11.3. The third-order valence-electron chi connectivity index (χ3n) is 5.60. The van der Waals surface area contributed by atoms with Crippen molar-refractivity contribution in [2.24, 2.45) is 11.8 Å². The highest BCUT2D eigenvalue weighted by Gasteiger charge is 2.24. The van der Waals surface area contributed by atoms with Crippen molar-refractivity contribution in [3.05, 3.63) is 24.8 Å². The molecule has 0 radical (unpaired) electrons. The second kappa shape index (κ2) is 11.9. The molecule has 2 aliphatic heterocycles. The molecule has 0 amide bonds. The van der Waals surface area contributed by atoms with Crippen molar-refractivity contribution in [1.82, 2.24) is 9.80 Å². The minimum atomic E-state index is 0. The summed E-state index contributed by atoms with van der Waals surface area (Å²) < 4.78 is 2.17. The monoisotopic (exact) mass is 626 g/mol. The lowest BCUT2D eigenvalue weighted by atomic mass is 9.93. The summed E-state index contributed by atoms with van der Waals surface area (Å²) in [6.07, 6.45) is 5.36. The SMILES string of the molecule is CC1CCN(CC2CCN(Cc3cc(I)cc(I)c3O)CC2)CC1.Cl.Cl. The van der Waals surface area contributed by atoms with Gasteiger partial charge in [0.25, 0.3) is 0 Å². The quantitative estimate of drug-likeness (QED) is 0.454. The van der Waals surface area contributed by atoms with Gasteiger partial charge in [0.1, 0.15) is 5.75 Å². The highest BCUT2D eigenvalue weighted by Crippen LogP contribution is 2.29. The molecule has 0 spiro atoms. The molecule has 3 rings (SSSR count). The number of phenols is 1. The third-order valence-corrected chi connectivity index (χ3v) is 7.05. The minimum Gasteiger partial charge on any atom is -0.507 e. The number of rotatable bonds is 4. The standard InChI is InChI=1S/C19H28I2N2O.2ClH/c1-14-2-6-22(7-3-14)12-15-4-8-23(9-5-15)13-16-10-17(20)11-18(21)19(16)24;;/h10-11,14-15,24H,2-9,12-13H2,1H3;2*1H. The third kappa shape index (κ3) is 7.10. The van der Waals surface area contributed by atoms with E-state index in [1.54, 1.807) is 0 Å². The minimum absolute atomic E-state index is 0. The second-order valence-corrected chi connectivity index (χ2v) is 10.0. The number of aromatic hydroxyl groups is 1. The van der Waals surface area contributed by atoms with Gasteiger partial charge < -0.3 is 10.0 Å². The van der Waals surface area contributed by atoms with Crippen LogP contribution in [0.1, 0.15) is 38.2 Å². The van der Waals surface area contributed by atoms with Crippen LogP contribution in [-0.2, 0) is 6.54 Å². The van der Waals surface area contributed by atoms with Crippen molar-refractivity contribution < 1.29 is 5.11 Å². The molecule has 1 N–H and O–H groups in total. The van der Waals surface area contributed by atoms with Gasteiger partial charge in [0, 0.05) is 22.2 Å². The fraction of sp³-hybridized carbons (Fsp3) is 0.684. The van der Waals surface area contributed by atoms with Gasteiger partial charge in [-0.05, 0) is 121 Å². The number of hydrogen-bond acceptors (Lipinski definition) is 3. The number of nitrogens with zero attached hydrogens (tertiary/aromatic N) is 2. The summed E-state index contributed by atoms with van der Waals surface area (Å²) in [5, 5.41) is 10.3. The zero-order valence-corrected chi connectivity index (χ0v) is 21.2. The normalized spacial score (nSPS) is 20.4. The van der Waals surface area contributed by atoms with E-state index in [1.807, 2.05) is 6.07 Å². The van der Waals surface area contributed by atoms with Crippen molar-refractivity contribution >= 4 is 70.0 Å². The summed E-state index contributed by atoms with van der Waals surface area (Å²) in [7, 11) is 0. The highest BCUT2D eigenvalue weighted by atomic mass is 127. The maximum Gasteiger partial charge on any atom is 0.133 e. The first-order chi connectivity index (χ1) is 11.5. The molecule has 150 valence electrons. The van der Waals surface area contributed by atoms with Crippen molar-refractivity contribution in [3.8, 4) is 5.75 Å². The van der Waals surface area contributed by atoms with Gasteiger partial charge in [0.05, 0.1) is 3.57 Å². The fourth-order valence-corrected chi connectivity index (χ4v) is 5.88. The molecule has 2 heterocycles. The van der Waals surface area contributed by atoms with Gasteiger partial charge in [-0.1, -0.05) is 6.92 Å². The van der Waals surface area contributed by atoms with Crippen LogP contribution in [0.2, 0.25) is 0 Å². The fourth-order valence-electron chi connectivity index (χ4n) is 3.92. The number of hydrogen-bond donors (Lipinski definition) is 1. The molecule has 0 aromatic heterocycles. The van der Waals surface area contributed by atoms with Crippen LogP contribution < -0.4 is 0 Å². The van der Waals surface area contributed by atoms with E-state index in [0.29, 0.717) is 5.75 Å². The average molecular weight is 627 g/mol. The summed E-state index contributed by atoms with van der Waals surface area (Å²) in [5.41, 5.74) is 1.08. The molecule has 7 heteroatoms. The molecule has 3 nitrogen and oxygen atoms in total. The first kappa shape index (κ1) is 25.0. The molecule has 0 atom stereocenters. The van der Waals surface area contributed by atoms with Gasteiger partial charge in [-0.3, -0.25) is 4.90 Å². The molecule has 26 heavy (non-hydrogen) atoms. The zero-order chi connectivity index (χ0) is 17.1. The van der Waals surface area contributed by atoms with Crippen LogP contribution in [0.15, 0.2) is 12.1 Å². The van der Waals surface area contributed by atoms with Gasteiger partial charge in [0.15, 0.2) is 0 Å². The Balaban J connectivity index is 0.00000169. The summed E-state index contributed by atoms with van der Waals surface area (Å²) >= 11 is 4.56. The van der Waals surface area contributed by atoms with Gasteiger partial charge in [-0.2, -0.15) is 0 Å². The van der Waals surface area contributed by atoms with Crippen LogP contribution in [0.5, 0.6) is 5.75 Å². The van der Waals surface area contributed by atoms with E-state index in [9.17, 15) is 5.11 Å². The first-order valence-electron chi connectivity index (χ1n) is 9.13. The molecule has 0 unspecified atom stereocenters. The number of likely N-dealkylation sites (tertiary alicyclic amines) is 2. The maximum absolute atomic E-state index is 10.3. The van der Waals surface area contributed by atoms with Gasteiger partial charge in [0.2, 0.25) is 0 Å². The van der Waals surface area contributed by atoms with Gasteiger partial charge >= 0.3 is 0 Å². The number of benzene rings is 1. The number of halogens is 4. The lowest BCUT2D eigenvalue weighted by Gasteiger charge is -2.37. The molecule has 0 saturated carbocycles. The Kier molecular flexibility index (Phi) is 11.4. The predicted molar refractivity (Wildman–Crippen MR) is 131 cm³/mol. The van der Waals surface area contributed by atoms with E-state index in [0.717, 1.165) is 40.6 Å². The second-order valence-electron chi connectivity index (χ2n) is 7.60. The van der Waals surface area contributed by atoms with Crippen LogP contribution >= 0.6 is 70.0 Å². The molecule has 0 aliphatic carbocycles. The molecular weight excluding hydrogens is 597 g/mol. The van der Waals surface area contributed by atoms with Crippen molar-refractivity contribution in [3.63, 3.8) is 0 Å². The molecule has 1 aromatic carbocycles.